The Bertz CT molecular complexity index is 184. The minimum Gasteiger partial charge on any atom is -0.313 e. The Morgan fingerprint density at radius 2 is 2.06 bits per heavy atom. The molecular weight excluding hydrogens is 214 g/mol. The lowest BCUT2D eigenvalue weighted by Crippen LogP contribution is -2.32. The van der Waals surface area contributed by atoms with E-state index in [0.29, 0.717) is 6.04 Å². The maximum absolute atomic E-state index is 3.61. The highest BCUT2D eigenvalue weighted by atomic mass is 32.2. The molecule has 1 fully saturated rings. The Morgan fingerprint density at radius 1 is 1.31 bits per heavy atom. The monoisotopic (exact) mass is 243 g/mol. The topological polar surface area (TPSA) is 12.0 Å². The van der Waals surface area contributed by atoms with Crippen LogP contribution >= 0.6 is 11.8 Å². The van der Waals surface area contributed by atoms with Crippen molar-refractivity contribution < 1.29 is 0 Å². The predicted octanol–water partition coefficient (Wildman–Crippen LogP) is 4.07. The lowest BCUT2D eigenvalue weighted by Gasteiger charge is -2.28. The fourth-order valence-electron chi connectivity index (χ4n) is 2.39. The van der Waals surface area contributed by atoms with E-state index in [9.17, 15) is 0 Å². The van der Waals surface area contributed by atoms with Crippen molar-refractivity contribution in [2.75, 3.05) is 6.54 Å². The second-order valence-corrected chi connectivity index (χ2v) is 7.30. The molecule has 0 radical (unpaired) electrons. The largest absolute Gasteiger partial charge is 0.313 e. The summed E-state index contributed by atoms with van der Waals surface area (Å²) in [5, 5.41) is 5.31. The van der Waals surface area contributed by atoms with Crippen LogP contribution in [0.2, 0.25) is 0 Å². The van der Waals surface area contributed by atoms with E-state index in [1.54, 1.807) is 0 Å². The molecule has 1 rings (SSSR count). The van der Waals surface area contributed by atoms with Gasteiger partial charge in [-0.3, -0.25) is 0 Å². The summed E-state index contributed by atoms with van der Waals surface area (Å²) in [5.74, 6) is 0.959. The Labute approximate surface area is 106 Å². The molecule has 2 heteroatoms. The third kappa shape index (κ3) is 5.58. The van der Waals surface area contributed by atoms with Crippen molar-refractivity contribution in [3.63, 3.8) is 0 Å². The zero-order valence-corrected chi connectivity index (χ0v) is 12.3. The number of thioether (sulfide) groups is 1. The van der Waals surface area contributed by atoms with Crippen molar-refractivity contribution in [1.82, 2.24) is 5.32 Å². The molecule has 0 aromatic rings. The number of hydrogen-bond donors (Lipinski definition) is 1. The maximum atomic E-state index is 3.61. The molecule has 16 heavy (non-hydrogen) atoms. The van der Waals surface area contributed by atoms with Gasteiger partial charge in [0.15, 0.2) is 0 Å². The highest BCUT2D eigenvalue weighted by molar-refractivity contribution is 8.00. The van der Waals surface area contributed by atoms with E-state index in [4.69, 9.17) is 0 Å². The van der Waals surface area contributed by atoms with E-state index in [1.807, 2.05) is 0 Å². The van der Waals surface area contributed by atoms with Gasteiger partial charge in [-0.05, 0) is 32.1 Å². The molecule has 0 heterocycles. The first kappa shape index (κ1) is 14.4. The van der Waals surface area contributed by atoms with Gasteiger partial charge in [0.25, 0.3) is 0 Å². The lowest BCUT2D eigenvalue weighted by molar-refractivity contribution is 0.393. The normalized spacial score (nSPS) is 30.0. The molecule has 0 saturated heterocycles. The van der Waals surface area contributed by atoms with E-state index < -0.39 is 0 Å². The van der Waals surface area contributed by atoms with Gasteiger partial charge in [-0.2, -0.15) is 11.8 Å². The molecule has 0 aliphatic heterocycles. The second-order valence-electron chi connectivity index (χ2n) is 5.56. The van der Waals surface area contributed by atoms with Crippen LogP contribution in [0.25, 0.3) is 0 Å². The van der Waals surface area contributed by atoms with Gasteiger partial charge in [-0.25, -0.2) is 0 Å². The molecule has 0 aromatic heterocycles. The van der Waals surface area contributed by atoms with Crippen molar-refractivity contribution >= 4 is 11.8 Å². The quantitative estimate of drug-likeness (QED) is 0.754. The van der Waals surface area contributed by atoms with E-state index >= 15 is 0 Å². The first-order chi connectivity index (χ1) is 7.61. The smallest absolute Gasteiger partial charge is 0.0147 e. The van der Waals surface area contributed by atoms with Gasteiger partial charge >= 0.3 is 0 Å². The van der Waals surface area contributed by atoms with Gasteiger partial charge in [0, 0.05) is 23.1 Å². The Balaban J connectivity index is 2.15. The predicted molar refractivity (Wildman–Crippen MR) is 76.2 cm³/mol. The Kier molecular flexibility index (Phi) is 6.83. The van der Waals surface area contributed by atoms with Gasteiger partial charge < -0.3 is 5.32 Å². The summed E-state index contributed by atoms with van der Waals surface area (Å²) in [7, 11) is 0. The SMILES string of the molecule is CCC(C)NCC(C)SC1CCCC(C)C1. The van der Waals surface area contributed by atoms with Gasteiger partial charge in [0.2, 0.25) is 0 Å². The summed E-state index contributed by atoms with van der Waals surface area (Å²) in [6.07, 6.45) is 7.03. The van der Waals surface area contributed by atoms with Gasteiger partial charge in [-0.1, -0.05) is 33.6 Å². The van der Waals surface area contributed by atoms with E-state index in [2.05, 4.69) is 44.8 Å². The molecule has 0 spiro atoms. The average molecular weight is 243 g/mol. The van der Waals surface area contributed by atoms with Crippen molar-refractivity contribution in [2.45, 2.75) is 76.3 Å². The Hall–Kier alpha value is 0.310. The minimum atomic E-state index is 0.674. The van der Waals surface area contributed by atoms with Crippen molar-refractivity contribution in [1.29, 1.82) is 0 Å². The molecule has 0 amide bonds. The number of rotatable bonds is 6. The summed E-state index contributed by atoms with van der Waals surface area (Å²) in [5.41, 5.74) is 0. The summed E-state index contributed by atoms with van der Waals surface area (Å²) >= 11 is 2.21. The van der Waals surface area contributed by atoms with Crippen LogP contribution in [-0.2, 0) is 0 Å². The van der Waals surface area contributed by atoms with Crippen LogP contribution in [0.1, 0.15) is 59.8 Å². The highest BCUT2D eigenvalue weighted by Gasteiger charge is 2.21. The molecular formula is C14H29NS. The van der Waals surface area contributed by atoms with Crippen LogP contribution in [0.4, 0.5) is 0 Å². The van der Waals surface area contributed by atoms with Crippen LogP contribution in [0.3, 0.4) is 0 Å². The molecule has 1 aliphatic rings. The molecule has 1 saturated carbocycles. The summed E-state index contributed by atoms with van der Waals surface area (Å²) in [4.78, 5) is 0. The lowest BCUT2D eigenvalue weighted by atomic mass is 9.91. The summed E-state index contributed by atoms with van der Waals surface area (Å²) in [6.45, 7) is 10.5. The average Bonchev–Trinajstić information content (AvgIpc) is 2.26. The minimum absolute atomic E-state index is 0.674. The van der Waals surface area contributed by atoms with E-state index in [0.717, 1.165) is 16.4 Å². The maximum Gasteiger partial charge on any atom is 0.0147 e. The molecule has 1 aliphatic carbocycles. The van der Waals surface area contributed by atoms with Crippen LogP contribution < -0.4 is 5.32 Å². The fraction of sp³-hybridized carbons (Fsp3) is 1.00. The third-order valence-corrected chi connectivity index (χ3v) is 5.12. The van der Waals surface area contributed by atoms with Gasteiger partial charge in [0.05, 0.1) is 0 Å². The van der Waals surface area contributed by atoms with Crippen molar-refractivity contribution in [3.8, 4) is 0 Å². The van der Waals surface area contributed by atoms with E-state index in [1.165, 1.54) is 38.6 Å². The van der Waals surface area contributed by atoms with Crippen molar-refractivity contribution in [2.24, 2.45) is 5.92 Å². The summed E-state index contributed by atoms with van der Waals surface area (Å²) in [6, 6.07) is 0.674. The second kappa shape index (κ2) is 7.60. The van der Waals surface area contributed by atoms with Crippen LogP contribution in [0.15, 0.2) is 0 Å². The fourth-order valence-corrected chi connectivity index (χ4v) is 3.98. The van der Waals surface area contributed by atoms with E-state index in [-0.39, 0.29) is 0 Å². The van der Waals surface area contributed by atoms with Gasteiger partial charge in [0.1, 0.15) is 0 Å². The first-order valence-corrected chi connectivity index (χ1v) is 7.95. The van der Waals surface area contributed by atoms with Crippen molar-refractivity contribution in [3.05, 3.63) is 0 Å². The van der Waals surface area contributed by atoms with Crippen LogP contribution in [0, 0.1) is 5.92 Å². The van der Waals surface area contributed by atoms with Crippen LogP contribution in [-0.4, -0.2) is 23.1 Å². The number of nitrogens with one attached hydrogen (secondary N) is 1. The standard InChI is InChI=1S/C14H29NS/c1-5-12(3)15-10-13(4)16-14-8-6-7-11(2)9-14/h11-15H,5-10H2,1-4H3. The molecule has 1 N–H and O–H groups in total. The summed E-state index contributed by atoms with van der Waals surface area (Å²) < 4.78 is 0. The molecule has 4 atom stereocenters. The van der Waals surface area contributed by atoms with Gasteiger partial charge in [-0.15, -0.1) is 0 Å². The van der Waals surface area contributed by atoms with Crippen LogP contribution in [0.5, 0.6) is 0 Å². The molecule has 0 aromatic carbocycles. The first-order valence-electron chi connectivity index (χ1n) is 7.00. The Morgan fingerprint density at radius 3 is 2.69 bits per heavy atom. The third-order valence-electron chi connectivity index (χ3n) is 3.68. The number of hydrogen-bond acceptors (Lipinski definition) is 2. The zero-order chi connectivity index (χ0) is 12.0. The molecule has 0 bridgehead atoms. The molecule has 4 unspecified atom stereocenters. The highest BCUT2D eigenvalue weighted by Crippen LogP contribution is 2.33. The zero-order valence-electron chi connectivity index (χ0n) is 11.5. The molecule has 1 nitrogen and oxygen atoms in total. The molecule has 96 valence electrons.